The number of nitrogens with two attached hydrogens (primary N) is 1. The zero-order chi connectivity index (χ0) is 46.6. The van der Waals surface area contributed by atoms with Crippen molar-refractivity contribution in [3.05, 3.63) is 0 Å². The fraction of sp³-hybridized carbons (Fsp3) is 0.814. The largest absolute Gasteiger partial charge is 0.343 e. The van der Waals surface area contributed by atoms with Crippen molar-refractivity contribution < 1.29 is 38.4 Å². The summed E-state index contributed by atoms with van der Waals surface area (Å²) >= 11 is 0. The summed E-state index contributed by atoms with van der Waals surface area (Å²) in [6, 6.07) is -9.06. The van der Waals surface area contributed by atoms with E-state index in [1.165, 1.54) is 20.8 Å². The highest BCUT2D eigenvalue weighted by Gasteiger charge is 2.37. The third-order valence-corrected chi connectivity index (χ3v) is 9.63. The molecule has 344 valence electrons. The van der Waals surface area contributed by atoms with E-state index in [2.05, 4.69) is 42.5 Å². The standard InChI is InChI=1S/C43H79N9O8/c1-24-32(53)49-29(21-41(7,8)9)37(58)46-26(3)34(55)51-31(23-43(13,14)15)39(60)48-27(18-16-17-19-44)35(56)52-30(22-42(10,11)12)38(59)47-25(2)33(54)50-28(36(57)45-24)20-40(4,5)6/h24-31H,16-23,44H2,1-15H3,(H,45,57)(H,46,58)(H,47,59)(H,48,60)(H,49,53)(H,50,54)(H,51,55)(H,52,56)/t24-,25-,26-,27-,28+,29+,30+,31+/m1/s1. The smallest absolute Gasteiger partial charge is 0.243 e. The van der Waals surface area contributed by atoms with Gasteiger partial charge in [0.05, 0.1) is 0 Å². The molecule has 1 saturated heterocycles. The Labute approximate surface area is 358 Å². The molecule has 8 atom stereocenters. The third-order valence-electron chi connectivity index (χ3n) is 9.63. The van der Waals surface area contributed by atoms with Gasteiger partial charge in [0, 0.05) is 0 Å². The van der Waals surface area contributed by atoms with Crippen LogP contribution in [0.5, 0.6) is 0 Å². The Morgan fingerprint density at radius 1 is 0.350 bits per heavy atom. The van der Waals surface area contributed by atoms with Gasteiger partial charge in [0.1, 0.15) is 48.3 Å². The number of hydrogen-bond acceptors (Lipinski definition) is 9. The van der Waals surface area contributed by atoms with Gasteiger partial charge in [0.25, 0.3) is 0 Å². The van der Waals surface area contributed by atoms with Crippen LogP contribution in [0.2, 0.25) is 0 Å². The zero-order valence-corrected chi connectivity index (χ0v) is 39.1. The molecule has 17 nitrogen and oxygen atoms in total. The fourth-order valence-corrected chi connectivity index (χ4v) is 6.62. The van der Waals surface area contributed by atoms with Gasteiger partial charge in [-0.05, 0) is 93.9 Å². The van der Waals surface area contributed by atoms with Crippen molar-refractivity contribution in [1.82, 2.24) is 42.5 Å². The molecule has 10 N–H and O–H groups in total. The van der Waals surface area contributed by atoms with Crippen LogP contribution in [0.25, 0.3) is 0 Å². The molecule has 1 heterocycles. The highest BCUT2D eigenvalue weighted by atomic mass is 16.2. The topological polar surface area (TPSA) is 259 Å². The van der Waals surface area contributed by atoms with E-state index < -0.39 is 117 Å². The predicted molar refractivity (Wildman–Crippen MR) is 232 cm³/mol. The van der Waals surface area contributed by atoms with Crippen LogP contribution >= 0.6 is 0 Å². The molecule has 8 amide bonds. The molecule has 0 spiro atoms. The van der Waals surface area contributed by atoms with E-state index in [0.29, 0.717) is 19.4 Å². The normalized spacial score (nSPS) is 27.2. The molecule has 17 heteroatoms. The minimum atomic E-state index is -1.15. The Kier molecular flexibility index (Phi) is 20.2. The summed E-state index contributed by atoms with van der Waals surface area (Å²) in [6.45, 7) is 27.3. The molecule has 1 aliphatic rings. The molecule has 1 rings (SSSR count). The Hall–Kier alpha value is -4.28. The van der Waals surface area contributed by atoms with Crippen LogP contribution in [0.1, 0.15) is 149 Å². The van der Waals surface area contributed by atoms with Crippen LogP contribution in [0.15, 0.2) is 0 Å². The van der Waals surface area contributed by atoms with Gasteiger partial charge >= 0.3 is 0 Å². The van der Waals surface area contributed by atoms with E-state index >= 15 is 0 Å². The summed E-state index contributed by atoms with van der Waals surface area (Å²) in [4.78, 5) is 110. The summed E-state index contributed by atoms with van der Waals surface area (Å²) in [7, 11) is 0. The lowest BCUT2D eigenvalue weighted by atomic mass is 9.87. The average Bonchev–Trinajstić information content (AvgIpc) is 3.06. The van der Waals surface area contributed by atoms with Crippen LogP contribution in [0, 0.1) is 21.7 Å². The number of unbranched alkanes of at least 4 members (excludes halogenated alkanes) is 1. The van der Waals surface area contributed by atoms with Crippen molar-refractivity contribution in [3.8, 4) is 0 Å². The van der Waals surface area contributed by atoms with Gasteiger partial charge in [-0.15, -0.1) is 0 Å². The number of nitrogens with one attached hydrogen (secondary N) is 8. The monoisotopic (exact) mass is 850 g/mol. The molecular formula is C43H79N9O8. The van der Waals surface area contributed by atoms with E-state index in [4.69, 9.17) is 5.73 Å². The van der Waals surface area contributed by atoms with Crippen LogP contribution in [0.4, 0.5) is 0 Å². The Balaban J connectivity index is 3.84. The van der Waals surface area contributed by atoms with Gasteiger partial charge < -0.3 is 48.3 Å². The lowest BCUT2D eigenvalue weighted by Crippen LogP contribution is -2.61. The second-order valence-corrected chi connectivity index (χ2v) is 21.3. The lowest BCUT2D eigenvalue weighted by molar-refractivity contribution is -0.137. The molecule has 0 saturated carbocycles. The maximum Gasteiger partial charge on any atom is 0.243 e. The molecular weight excluding hydrogens is 771 g/mol. The molecule has 0 aromatic heterocycles. The number of carbonyl (C=O) groups is 8. The highest BCUT2D eigenvalue weighted by Crippen LogP contribution is 2.24. The molecule has 0 aliphatic carbocycles. The van der Waals surface area contributed by atoms with Crippen LogP contribution in [-0.2, 0) is 38.4 Å². The maximum absolute atomic E-state index is 14.1. The first-order chi connectivity index (χ1) is 27.2. The van der Waals surface area contributed by atoms with Gasteiger partial charge in [0.2, 0.25) is 47.3 Å². The van der Waals surface area contributed by atoms with Crippen molar-refractivity contribution >= 4 is 47.3 Å². The summed E-state index contributed by atoms with van der Waals surface area (Å²) in [5.74, 6) is -5.24. The molecule has 0 aromatic rings. The second-order valence-electron chi connectivity index (χ2n) is 21.3. The molecule has 1 fully saturated rings. The summed E-state index contributed by atoms with van der Waals surface area (Å²) < 4.78 is 0. The molecule has 60 heavy (non-hydrogen) atoms. The first-order valence-corrected chi connectivity index (χ1v) is 21.3. The zero-order valence-electron chi connectivity index (χ0n) is 39.1. The SMILES string of the molecule is C[C@H]1NC(=O)[C@H](CC(C)(C)C)NC(=O)[C@@H](C)NC(=O)[C@H](CC(C)(C)C)NC(=O)[C@@H](CCCCN)NC(=O)[C@H](CC(C)(C)C)NC(=O)[C@@H](C)NC(=O)[C@H](CC(C)(C)C)NC1=O. The van der Waals surface area contributed by atoms with E-state index in [1.807, 2.05) is 83.1 Å². The van der Waals surface area contributed by atoms with Crippen LogP contribution in [0.3, 0.4) is 0 Å². The van der Waals surface area contributed by atoms with Crippen molar-refractivity contribution in [3.63, 3.8) is 0 Å². The first kappa shape index (κ1) is 53.7. The van der Waals surface area contributed by atoms with E-state index in [0.717, 1.165) is 0 Å². The quantitative estimate of drug-likeness (QED) is 0.161. The first-order valence-electron chi connectivity index (χ1n) is 21.3. The minimum absolute atomic E-state index is 0.167. The van der Waals surface area contributed by atoms with Crippen LogP contribution < -0.4 is 48.3 Å². The Morgan fingerprint density at radius 2 is 0.567 bits per heavy atom. The van der Waals surface area contributed by atoms with Crippen molar-refractivity contribution in [2.24, 2.45) is 27.4 Å². The van der Waals surface area contributed by atoms with Gasteiger partial charge in [-0.2, -0.15) is 0 Å². The molecule has 0 unspecified atom stereocenters. The summed E-state index contributed by atoms with van der Waals surface area (Å²) in [6.07, 6.45) is 1.88. The summed E-state index contributed by atoms with van der Waals surface area (Å²) in [5.41, 5.74) is 3.89. The Morgan fingerprint density at radius 3 is 0.817 bits per heavy atom. The highest BCUT2D eigenvalue weighted by molar-refractivity contribution is 5.98. The van der Waals surface area contributed by atoms with E-state index in [9.17, 15) is 38.4 Å². The lowest BCUT2D eigenvalue weighted by Gasteiger charge is -2.32. The molecule has 0 bridgehead atoms. The predicted octanol–water partition coefficient (Wildman–Crippen LogP) is 1.81. The minimum Gasteiger partial charge on any atom is -0.343 e. The molecule has 1 aliphatic heterocycles. The van der Waals surface area contributed by atoms with Crippen molar-refractivity contribution in [1.29, 1.82) is 0 Å². The maximum atomic E-state index is 14.1. The van der Waals surface area contributed by atoms with Gasteiger partial charge in [-0.3, -0.25) is 38.4 Å². The van der Waals surface area contributed by atoms with Gasteiger partial charge in [-0.25, -0.2) is 0 Å². The molecule has 0 aromatic carbocycles. The van der Waals surface area contributed by atoms with Crippen molar-refractivity contribution in [2.45, 2.75) is 197 Å². The number of hydrogen-bond donors (Lipinski definition) is 9. The van der Waals surface area contributed by atoms with Crippen LogP contribution in [-0.4, -0.2) is 102 Å². The average molecular weight is 850 g/mol. The van der Waals surface area contributed by atoms with E-state index in [1.54, 1.807) is 0 Å². The van der Waals surface area contributed by atoms with Crippen molar-refractivity contribution in [2.75, 3.05) is 6.54 Å². The molecule has 0 radical (unpaired) electrons. The third kappa shape index (κ3) is 20.8. The van der Waals surface area contributed by atoms with Gasteiger partial charge in [-0.1, -0.05) is 83.1 Å². The number of amides is 8. The fourth-order valence-electron chi connectivity index (χ4n) is 6.62. The number of carbonyl (C=O) groups excluding carboxylic acids is 8. The second kappa shape index (κ2) is 22.5. The van der Waals surface area contributed by atoms with E-state index in [-0.39, 0.29) is 32.1 Å². The number of rotatable bonds is 8. The summed E-state index contributed by atoms with van der Waals surface area (Å²) in [5, 5.41) is 21.8. The van der Waals surface area contributed by atoms with Gasteiger partial charge in [0.15, 0.2) is 0 Å². The Bertz CT molecular complexity index is 1500.